The largest absolute Gasteiger partial charge is 0.338 e. The van der Waals surface area contributed by atoms with Crippen LogP contribution in [-0.2, 0) is 11.3 Å². The lowest BCUT2D eigenvalue weighted by Crippen LogP contribution is -2.43. The zero-order valence-electron chi connectivity index (χ0n) is 12.7. The first-order valence-corrected chi connectivity index (χ1v) is 7.33. The predicted molar refractivity (Wildman–Crippen MR) is 88.7 cm³/mol. The van der Waals surface area contributed by atoms with Crippen molar-refractivity contribution in [2.45, 2.75) is 13.5 Å². The predicted octanol–water partition coefficient (Wildman–Crippen LogP) is 2.41. The zero-order chi connectivity index (χ0) is 16.2. The Morgan fingerprint density at radius 2 is 1.70 bits per heavy atom. The lowest BCUT2D eigenvalue weighted by molar-refractivity contribution is -0.122. The van der Waals surface area contributed by atoms with Crippen molar-refractivity contribution < 1.29 is 9.59 Å². The van der Waals surface area contributed by atoms with E-state index in [1.54, 1.807) is 12.1 Å². The normalized spacial score (nSPS) is 10.5. The molecule has 0 saturated heterocycles. The Morgan fingerprint density at radius 3 is 2.48 bits per heavy atom. The second-order valence-corrected chi connectivity index (χ2v) is 5.37. The molecule has 5 heteroatoms. The highest BCUT2D eigenvalue weighted by molar-refractivity contribution is 5.95. The molecule has 0 spiro atoms. The highest BCUT2D eigenvalue weighted by Gasteiger charge is 2.08. The van der Waals surface area contributed by atoms with Crippen LogP contribution in [0.15, 0.2) is 60.8 Å². The van der Waals surface area contributed by atoms with Crippen LogP contribution in [0.1, 0.15) is 15.9 Å². The van der Waals surface area contributed by atoms with Gasteiger partial charge in [-0.1, -0.05) is 35.9 Å². The van der Waals surface area contributed by atoms with Crippen molar-refractivity contribution in [1.82, 2.24) is 15.4 Å². The van der Waals surface area contributed by atoms with Gasteiger partial charge in [0.2, 0.25) is 0 Å². The van der Waals surface area contributed by atoms with Crippen LogP contribution < -0.4 is 10.9 Å². The summed E-state index contributed by atoms with van der Waals surface area (Å²) in [5, 5.41) is 1.07. The number of hydrogen-bond donors (Lipinski definition) is 2. The van der Waals surface area contributed by atoms with Gasteiger partial charge in [0.1, 0.15) is 6.54 Å². The lowest BCUT2D eigenvalue weighted by atomic mass is 10.1. The smallest absolute Gasteiger partial charge is 0.269 e. The lowest BCUT2D eigenvalue weighted by Gasteiger charge is -2.09. The molecule has 1 heterocycles. The fourth-order valence-electron chi connectivity index (χ4n) is 2.38. The Bertz CT molecular complexity index is 850. The monoisotopic (exact) mass is 307 g/mol. The van der Waals surface area contributed by atoms with Crippen LogP contribution in [-0.4, -0.2) is 16.4 Å². The average molecular weight is 307 g/mol. The summed E-state index contributed by atoms with van der Waals surface area (Å²) in [7, 11) is 0. The number of carbonyl (C=O) groups excluding carboxylic acids is 2. The molecule has 0 radical (unpaired) electrons. The standard InChI is InChI=1S/C18H17N3O2/c1-13-6-8-15(9-7-13)18(23)20-19-17(22)12-21-11-10-14-4-2-3-5-16(14)21/h2-11H,12H2,1H3,(H,19,22)(H,20,23). The van der Waals surface area contributed by atoms with Gasteiger partial charge in [-0.3, -0.25) is 20.4 Å². The molecular weight excluding hydrogens is 290 g/mol. The number of amides is 2. The van der Waals surface area contributed by atoms with Crippen LogP contribution in [0.5, 0.6) is 0 Å². The maximum Gasteiger partial charge on any atom is 0.269 e. The third kappa shape index (κ3) is 3.40. The molecule has 3 rings (SSSR count). The summed E-state index contributed by atoms with van der Waals surface area (Å²) in [6, 6.07) is 16.9. The third-order valence-corrected chi connectivity index (χ3v) is 3.62. The molecule has 1 aromatic heterocycles. The number of fused-ring (bicyclic) bond motifs is 1. The summed E-state index contributed by atoms with van der Waals surface area (Å²) in [4.78, 5) is 23.9. The number of hydrazine groups is 1. The third-order valence-electron chi connectivity index (χ3n) is 3.62. The number of rotatable bonds is 3. The number of aryl methyl sites for hydroxylation is 1. The minimum atomic E-state index is -0.337. The number of nitrogens with one attached hydrogen (secondary N) is 2. The molecule has 2 aromatic carbocycles. The molecular formula is C18H17N3O2. The summed E-state index contributed by atoms with van der Waals surface area (Å²) in [6.07, 6.45) is 1.85. The maximum absolute atomic E-state index is 12.0. The van der Waals surface area contributed by atoms with E-state index in [0.29, 0.717) is 5.56 Å². The van der Waals surface area contributed by atoms with Crippen molar-refractivity contribution in [3.63, 3.8) is 0 Å². The van der Waals surface area contributed by atoms with E-state index < -0.39 is 0 Å². The summed E-state index contributed by atoms with van der Waals surface area (Å²) in [5.41, 5.74) is 7.42. The van der Waals surface area contributed by atoms with Gasteiger partial charge in [-0.05, 0) is 36.6 Å². The van der Waals surface area contributed by atoms with Gasteiger partial charge in [0.25, 0.3) is 11.8 Å². The minimum absolute atomic E-state index is 0.141. The minimum Gasteiger partial charge on any atom is -0.338 e. The molecule has 0 aliphatic heterocycles. The number of benzene rings is 2. The van der Waals surface area contributed by atoms with Crippen LogP contribution in [0.2, 0.25) is 0 Å². The van der Waals surface area contributed by atoms with E-state index in [2.05, 4.69) is 10.9 Å². The van der Waals surface area contributed by atoms with Crippen molar-refractivity contribution in [3.8, 4) is 0 Å². The van der Waals surface area contributed by atoms with Crippen molar-refractivity contribution in [3.05, 3.63) is 71.9 Å². The first-order valence-electron chi connectivity index (χ1n) is 7.33. The summed E-state index contributed by atoms with van der Waals surface area (Å²) >= 11 is 0. The topological polar surface area (TPSA) is 63.1 Å². The molecule has 0 atom stereocenters. The highest BCUT2D eigenvalue weighted by Crippen LogP contribution is 2.14. The number of aromatic nitrogens is 1. The first-order chi connectivity index (χ1) is 11.1. The van der Waals surface area contributed by atoms with Gasteiger partial charge in [-0.15, -0.1) is 0 Å². The fourth-order valence-corrected chi connectivity index (χ4v) is 2.38. The van der Waals surface area contributed by atoms with Crippen LogP contribution in [0.4, 0.5) is 0 Å². The molecule has 0 aliphatic rings. The number of hydrogen-bond acceptors (Lipinski definition) is 2. The van der Waals surface area contributed by atoms with Crippen LogP contribution in [0, 0.1) is 6.92 Å². The van der Waals surface area contributed by atoms with E-state index in [-0.39, 0.29) is 18.4 Å². The number of para-hydroxylation sites is 1. The van der Waals surface area contributed by atoms with E-state index in [4.69, 9.17) is 0 Å². The number of carbonyl (C=O) groups is 2. The number of nitrogens with zero attached hydrogens (tertiary/aromatic N) is 1. The Kier molecular flexibility index (Phi) is 4.10. The van der Waals surface area contributed by atoms with Gasteiger partial charge >= 0.3 is 0 Å². The van der Waals surface area contributed by atoms with Gasteiger partial charge in [-0.2, -0.15) is 0 Å². The van der Waals surface area contributed by atoms with Gasteiger partial charge < -0.3 is 4.57 Å². The van der Waals surface area contributed by atoms with Crippen LogP contribution in [0.3, 0.4) is 0 Å². The molecule has 116 valence electrons. The van der Waals surface area contributed by atoms with Gasteiger partial charge in [0.15, 0.2) is 0 Å². The first kappa shape index (κ1) is 14.8. The Balaban J connectivity index is 1.59. The molecule has 3 aromatic rings. The average Bonchev–Trinajstić information content (AvgIpc) is 2.96. The fraction of sp³-hybridized carbons (Fsp3) is 0.111. The van der Waals surface area contributed by atoms with Crippen molar-refractivity contribution in [2.75, 3.05) is 0 Å². The molecule has 0 saturated carbocycles. The SMILES string of the molecule is Cc1ccc(C(=O)NNC(=O)Cn2ccc3ccccc32)cc1. The van der Waals surface area contributed by atoms with Crippen LogP contribution in [0.25, 0.3) is 10.9 Å². The van der Waals surface area contributed by atoms with Gasteiger partial charge in [0, 0.05) is 17.3 Å². The summed E-state index contributed by atoms with van der Waals surface area (Å²) in [6.45, 7) is 2.09. The van der Waals surface area contributed by atoms with Gasteiger partial charge in [0.05, 0.1) is 0 Å². The highest BCUT2D eigenvalue weighted by atomic mass is 16.2. The zero-order valence-corrected chi connectivity index (χ0v) is 12.7. The molecule has 0 aliphatic carbocycles. The maximum atomic E-state index is 12.0. The molecule has 0 unspecified atom stereocenters. The Morgan fingerprint density at radius 1 is 0.957 bits per heavy atom. The van der Waals surface area contributed by atoms with E-state index >= 15 is 0 Å². The van der Waals surface area contributed by atoms with E-state index in [0.717, 1.165) is 16.5 Å². The summed E-state index contributed by atoms with van der Waals surface area (Å²) in [5.74, 6) is -0.623. The second kappa shape index (κ2) is 6.36. The van der Waals surface area contributed by atoms with Crippen molar-refractivity contribution in [2.24, 2.45) is 0 Å². The molecule has 2 amide bonds. The van der Waals surface area contributed by atoms with E-state index in [1.165, 1.54) is 0 Å². The van der Waals surface area contributed by atoms with E-state index in [1.807, 2.05) is 60.2 Å². The molecule has 0 fully saturated rings. The Hall–Kier alpha value is -3.08. The van der Waals surface area contributed by atoms with Crippen LogP contribution >= 0.6 is 0 Å². The second-order valence-electron chi connectivity index (χ2n) is 5.37. The summed E-state index contributed by atoms with van der Waals surface area (Å²) < 4.78 is 1.84. The van der Waals surface area contributed by atoms with E-state index in [9.17, 15) is 9.59 Å². The molecule has 0 bridgehead atoms. The molecule has 2 N–H and O–H groups in total. The Labute approximate surface area is 133 Å². The molecule has 23 heavy (non-hydrogen) atoms. The quantitative estimate of drug-likeness (QED) is 0.730. The van der Waals surface area contributed by atoms with Gasteiger partial charge in [-0.25, -0.2) is 0 Å². The molecule has 5 nitrogen and oxygen atoms in total. The van der Waals surface area contributed by atoms with Crippen molar-refractivity contribution >= 4 is 22.7 Å². The van der Waals surface area contributed by atoms with Crippen molar-refractivity contribution in [1.29, 1.82) is 0 Å².